The maximum Gasteiger partial charge on any atom is 0.387 e. The summed E-state index contributed by atoms with van der Waals surface area (Å²) in [6.45, 7) is -0.807. The molecule has 0 heterocycles. The highest BCUT2D eigenvalue weighted by Crippen LogP contribution is 2.31. The van der Waals surface area contributed by atoms with Crippen molar-refractivity contribution in [3.63, 3.8) is 0 Å². The van der Waals surface area contributed by atoms with Gasteiger partial charge in [-0.25, -0.2) is 4.83 Å². The van der Waals surface area contributed by atoms with E-state index in [0.29, 0.717) is 12.4 Å². The van der Waals surface area contributed by atoms with E-state index in [-0.39, 0.29) is 22.0 Å². The summed E-state index contributed by atoms with van der Waals surface area (Å²) in [4.78, 5) is 1.98. The predicted octanol–water partition coefficient (Wildman–Crippen LogP) is 3.01. The van der Waals surface area contributed by atoms with Gasteiger partial charge >= 0.3 is 6.61 Å². The lowest BCUT2D eigenvalue weighted by Crippen LogP contribution is -2.18. The van der Waals surface area contributed by atoms with Crippen LogP contribution in [0.5, 0.6) is 17.2 Å². The van der Waals surface area contributed by atoms with Gasteiger partial charge in [-0.3, -0.25) is 0 Å². The lowest BCUT2D eigenvalue weighted by atomic mass is 10.2. The topological polar surface area (TPSA) is 86.2 Å². The van der Waals surface area contributed by atoms with Crippen molar-refractivity contribution < 1.29 is 31.4 Å². The number of benzene rings is 2. The van der Waals surface area contributed by atoms with E-state index in [9.17, 15) is 17.2 Å². The lowest BCUT2D eigenvalue weighted by Gasteiger charge is -2.12. The van der Waals surface area contributed by atoms with Gasteiger partial charge in [0.2, 0.25) is 0 Å². The summed E-state index contributed by atoms with van der Waals surface area (Å²) in [5, 5.41) is 3.62. The Balaban J connectivity index is 2.18. The third kappa shape index (κ3) is 5.55. The number of nitrogens with zero attached hydrogens (tertiary/aromatic N) is 1. The van der Waals surface area contributed by atoms with Gasteiger partial charge in [-0.05, 0) is 43.3 Å². The number of nitrogens with one attached hydrogen (secondary N) is 1. The Morgan fingerprint density at radius 2 is 1.89 bits per heavy atom. The van der Waals surface area contributed by atoms with Gasteiger partial charge in [-0.1, -0.05) is 6.07 Å². The van der Waals surface area contributed by atoms with E-state index in [1.54, 1.807) is 0 Å². The molecule has 1 N–H and O–H groups in total. The van der Waals surface area contributed by atoms with Crippen molar-refractivity contribution in [3.8, 4) is 17.2 Å². The third-order valence-corrected chi connectivity index (χ3v) is 4.50. The lowest BCUT2D eigenvalue weighted by molar-refractivity contribution is -0.0513. The molecule has 2 rings (SSSR count). The van der Waals surface area contributed by atoms with Crippen LogP contribution in [0.25, 0.3) is 0 Å². The Labute approximate surface area is 155 Å². The van der Waals surface area contributed by atoms with E-state index in [1.165, 1.54) is 49.6 Å². The number of halogens is 2. The summed E-state index contributed by atoms with van der Waals surface area (Å²) in [6.07, 6.45) is 1.05. The Hall–Kier alpha value is -2.88. The van der Waals surface area contributed by atoms with Gasteiger partial charge in [0.15, 0.2) is 11.5 Å². The molecule has 0 amide bonds. The number of sulfonamides is 1. The number of ether oxygens (including phenoxy) is 3. The Morgan fingerprint density at radius 1 is 1.19 bits per heavy atom. The maximum atomic E-state index is 12.6. The molecular weight excluding hydrogens is 382 g/mol. The summed E-state index contributed by atoms with van der Waals surface area (Å²) in [5.74, 6) is 0.345. The van der Waals surface area contributed by atoms with Gasteiger partial charge in [0, 0.05) is 5.56 Å². The van der Waals surface area contributed by atoms with Crippen molar-refractivity contribution in [2.75, 3.05) is 13.7 Å². The summed E-state index contributed by atoms with van der Waals surface area (Å²) in [5.41, 5.74) is 0.115. The summed E-state index contributed by atoms with van der Waals surface area (Å²) >= 11 is 0. The fourth-order valence-electron chi connectivity index (χ4n) is 2.11. The number of alkyl halides is 2. The second-order valence-electron chi connectivity index (χ2n) is 5.01. The molecular formula is C17H18F2N2O5S. The van der Waals surface area contributed by atoms with Crippen LogP contribution >= 0.6 is 0 Å². The minimum absolute atomic E-state index is 0.0298. The van der Waals surface area contributed by atoms with Crippen molar-refractivity contribution in [3.05, 3.63) is 48.0 Å². The van der Waals surface area contributed by atoms with Gasteiger partial charge in [-0.2, -0.15) is 22.3 Å². The van der Waals surface area contributed by atoms with Gasteiger partial charge in [-0.15, -0.1) is 0 Å². The van der Waals surface area contributed by atoms with Crippen molar-refractivity contribution in [1.29, 1.82) is 0 Å². The first-order chi connectivity index (χ1) is 12.9. The van der Waals surface area contributed by atoms with Crippen LogP contribution in [0.2, 0.25) is 0 Å². The van der Waals surface area contributed by atoms with E-state index >= 15 is 0 Å². The van der Waals surface area contributed by atoms with Crippen molar-refractivity contribution in [2.45, 2.75) is 18.4 Å². The summed E-state index contributed by atoms with van der Waals surface area (Å²) < 4.78 is 64.3. The van der Waals surface area contributed by atoms with E-state index in [1.807, 2.05) is 11.8 Å². The highest BCUT2D eigenvalue weighted by molar-refractivity contribution is 7.89. The number of hydrazone groups is 1. The Morgan fingerprint density at radius 3 is 2.48 bits per heavy atom. The first kappa shape index (κ1) is 20.4. The van der Waals surface area contributed by atoms with Crippen LogP contribution in [0.15, 0.2) is 52.5 Å². The third-order valence-electron chi connectivity index (χ3n) is 3.26. The molecule has 146 valence electrons. The zero-order chi connectivity index (χ0) is 19.9. The number of methoxy groups -OCH3 is 1. The molecule has 0 fully saturated rings. The average molecular weight is 400 g/mol. The van der Waals surface area contributed by atoms with Gasteiger partial charge < -0.3 is 14.2 Å². The Bertz CT molecular complexity index is 887. The van der Waals surface area contributed by atoms with Crippen molar-refractivity contribution >= 4 is 16.2 Å². The zero-order valence-electron chi connectivity index (χ0n) is 14.6. The molecule has 0 unspecified atom stereocenters. The van der Waals surface area contributed by atoms with Gasteiger partial charge in [0.05, 0.1) is 24.8 Å². The molecule has 2 aromatic rings. The number of rotatable bonds is 9. The minimum Gasteiger partial charge on any atom is -0.494 e. The highest BCUT2D eigenvalue weighted by atomic mass is 32.2. The van der Waals surface area contributed by atoms with Gasteiger partial charge in [0.25, 0.3) is 10.0 Å². The number of para-hydroxylation sites is 1. The average Bonchev–Trinajstić information content (AvgIpc) is 2.63. The molecule has 0 saturated heterocycles. The van der Waals surface area contributed by atoms with Crippen LogP contribution in [0.1, 0.15) is 12.5 Å². The second-order valence-corrected chi connectivity index (χ2v) is 6.68. The molecule has 0 spiro atoms. The molecule has 0 atom stereocenters. The predicted molar refractivity (Wildman–Crippen MR) is 95.2 cm³/mol. The SMILES string of the molecule is CCOc1ccc(S(=O)(=O)N/N=C\c2cccc(OC)c2OC(F)F)cc1. The summed E-state index contributed by atoms with van der Waals surface area (Å²) in [6, 6.07) is 10.1. The summed E-state index contributed by atoms with van der Waals surface area (Å²) in [7, 11) is -2.64. The number of hydrogen-bond acceptors (Lipinski definition) is 6. The molecule has 0 aliphatic rings. The molecule has 2 aromatic carbocycles. The molecule has 10 heteroatoms. The van der Waals surface area contributed by atoms with Crippen LogP contribution in [0.3, 0.4) is 0 Å². The fraction of sp³-hybridized carbons (Fsp3) is 0.235. The van der Waals surface area contributed by atoms with Crippen LogP contribution < -0.4 is 19.0 Å². The van der Waals surface area contributed by atoms with Crippen molar-refractivity contribution in [2.24, 2.45) is 5.10 Å². The standard InChI is InChI=1S/C17H18F2N2O5S/c1-3-25-13-7-9-14(10-8-13)27(22,23)21-20-11-12-5-4-6-15(24-2)16(12)26-17(18)19/h4-11,17,21H,3H2,1-2H3/b20-11-. The smallest absolute Gasteiger partial charge is 0.387 e. The van der Waals surface area contributed by atoms with E-state index < -0.39 is 16.6 Å². The Kier molecular flexibility index (Phi) is 6.94. The normalized spacial score (nSPS) is 11.6. The molecule has 27 heavy (non-hydrogen) atoms. The second kappa shape index (κ2) is 9.17. The van der Waals surface area contributed by atoms with E-state index in [0.717, 1.165) is 6.21 Å². The van der Waals surface area contributed by atoms with E-state index in [2.05, 4.69) is 9.84 Å². The molecule has 0 aromatic heterocycles. The fourth-order valence-corrected chi connectivity index (χ4v) is 2.90. The molecule has 0 saturated carbocycles. The molecule has 0 radical (unpaired) electrons. The van der Waals surface area contributed by atoms with Crippen LogP contribution in [0, 0.1) is 0 Å². The first-order valence-electron chi connectivity index (χ1n) is 7.77. The quantitative estimate of drug-likeness (QED) is 0.517. The number of hydrogen-bond donors (Lipinski definition) is 1. The first-order valence-corrected chi connectivity index (χ1v) is 9.25. The van der Waals surface area contributed by atoms with Crippen LogP contribution in [0.4, 0.5) is 8.78 Å². The molecule has 0 aliphatic heterocycles. The molecule has 7 nitrogen and oxygen atoms in total. The van der Waals surface area contributed by atoms with Crippen molar-refractivity contribution in [1.82, 2.24) is 4.83 Å². The van der Waals surface area contributed by atoms with Crippen LogP contribution in [-0.2, 0) is 10.0 Å². The largest absolute Gasteiger partial charge is 0.494 e. The van der Waals surface area contributed by atoms with E-state index in [4.69, 9.17) is 9.47 Å². The highest BCUT2D eigenvalue weighted by Gasteiger charge is 2.15. The minimum atomic E-state index is -3.94. The van der Waals surface area contributed by atoms with Crippen LogP contribution in [-0.4, -0.2) is 35.0 Å². The molecule has 0 bridgehead atoms. The van der Waals surface area contributed by atoms with Gasteiger partial charge in [0.1, 0.15) is 5.75 Å². The zero-order valence-corrected chi connectivity index (χ0v) is 15.4. The maximum absolute atomic E-state index is 12.6. The monoisotopic (exact) mass is 400 g/mol. The molecule has 0 aliphatic carbocycles.